The summed E-state index contributed by atoms with van der Waals surface area (Å²) in [7, 11) is 0. The van der Waals surface area contributed by atoms with Crippen molar-refractivity contribution in [3.63, 3.8) is 0 Å². The van der Waals surface area contributed by atoms with Gasteiger partial charge in [0.05, 0.1) is 0 Å². The summed E-state index contributed by atoms with van der Waals surface area (Å²) in [5.41, 5.74) is 6.15. The van der Waals surface area contributed by atoms with Gasteiger partial charge in [0.1, 0.15) is 0 Å². The maximum Gasteiger partial charge on any atom is 0.225 e. The lowest BCUT2D eigenvalue weighted by atomic mass is 9.91. The van der Waals surface area contributed by atoms with Crippen molar-refractivity contribution < 1.29 is 4.79 Å². The maximum atomic E-state index is 12.5. The van der Waals surface area contributed by atoms with Gasteiger partial charge in [-0.05, 0) is 30.7 Å². The predicted octanol–water partition coefficient (Wildman–Crippen LogP) is 2.83. The number of hydrogen-bond acceptors (Lipinski definition) is 3. The maximum absolute atomic E-state index is 12.5. The van der Waals surface area contributed by atoms with Crippen molar-refractivity contribution in [1.82, 2.24) is 4.90 Å². The average molecular weight is 280 g/mol. The Balaban J connectivity index is 2.07. The highest BCUT2D eigenvalue weighted by Gasteiger charge is 2.31. The molecule has 106 valence electrons. The van der Waals surface area contributed by atoms with Gasteiger partial charge in [0.15, 0.2) is 0 Å². The number of nitrogens with zero attached hydrogens (tertiary/aromatic N) is 1. The molecule has 1 amide bonds. The predicted molar refractivity (Wildman–Crippen MR) is 80.3 cm³/mol. The number of amides is 1. The zero-order valence-electron chi connectivity index (χ0n) is 11.8. The van der Waals surface area contributed by atoms with Crippen LogP contribution in [0.25, 0.3) is 0 Å². The Morgan fingerprint density at radius 1 is 1.47 bits per heavy atom. The van der Waals surface area contributed by atoms with Crippen LogP contribution in [0.3, 0.4) is 0 Å². The highest BCUT2D eigenvalue weighted by Crippen LogP contribution is 2.30. The van der Waals surface area contributed by atoms with Crippen LogP contribution in [0.1, 0.15) is 43.9 Å². The molecule has 2 atom stereocenters. The van der Waals surface area contributed by atoms with Crippen LogP contribution in [-0.4, -0.2) is 29.9 Å². The molecule has 1 aromatic heterocycles. The van der Waals surface area contributed by atoms with Crippen LogP contribution < -0.4 is 5.73 Å². The van der Waals surface area contributed by atoms with Crippen molar-refractivity contribution in [2.45, 2.75) is 45.1 Å². The van der Waals surface area contributed by atoms with E-state index in [9.17, 15) is 4.79 Å². The van der Waals surface area contributed by atoms with Crippen LogP contribution >= 0.6 is 11.3 Å². The second-order valence-electron chi connectivity index (χ2n) is 5.46. The number of carbonyl (C=O) groups excluding carboxylic acids is 1. The van der Waals surface area contributed by atoms with Crippen LogP contribution in [0, 0.1) is 5.92 Å². The first-order valence-corrected chi connectivity index (χ1v) is 8.11. The Kier molecular flexibility index (Phi) is 4.99. The first kappa shape index (κ1) is 14.5. The molecule has 2 unspecified atom stereocenters. The molecule has 1 saturated heterocycles. The summed E-state index contributed by atoms with van der Waals surface area (Å²) in [5, 5.41) is 2.10. The summed E-state index contributed by atoms with van der Waals surface area (Å²) in [6.45, 7) is 5.74. The second-order valence-corrected chi connectivity index (χ2v) is 6.44. The van der Waals surface area contributed by atoms with Crippen molar-refractivity contribution in [3.8, 4) is 0 Å². The summed E-state index contributed by atoms with van der Waals surface area (Å²) in [5.74, 6) is 0.873. The van der Waals surface area contributed by atoms with E-state index >= 15 is 0 Å². The van der Waals surface area contributed by atoms with Crippen molar-refractivity contribution in [1.29, 1.82) is 0 Å². The summed E-state index contributed by atoms with van der Waals surface area (Å²) in [6, 6.07) is 4.35. The van der Waals surface area contributed by atoms with Gasteiger partial charge in [0.25, 0.3) is 0 Å². The largest absolute Gasteiger partial charge is 0.340 e. The third-order valence-electron chi connectivity index (χ3n) is 4.08. The number of nitrogens with two attached hydrogens (primary N) is 1. The number of thiophene rings is 1. The minimum absolute atomic E-state index is 0.110. The second kappa shape index (κ2) is 6.53. The molecule has 3 nitrogen and oxygen atoms in total. The minimum Gasteiger partial charge on any atom is -0.340 e. The third kappa shape index (κ3) is 3.37. The molecule has 0 aromatic carbocycles. The Hall–Kier alpha value is -0.870. The van der Waals surface area contributed by atoms with Gasteiger partial charge >= 0.3 is 0 Å². The molecule has 1 aliphatic rings. The number of piperidine rings is 1. The molecule has 0 saturated carbocycles. The van der Waals surface area contributed by atoms with E-state index < -0.39 is 0 Å². The molecule has 2 N–H and O–H groups in total. The van der Waals surface area contributed by atoms with Gasteiger partial charge in [-0.25, -0.2) is 0 Å². The third-order valence-corrected chi connectivity index (χ3v) is 5.11. The molecular formula is C15H24N2OS. The van der Waals surface area contributed by atoms with Gasteiger partial charge < -0.3 is 10.6 Å². The van der Waals surface area contributed by atoms with E-state index in [4.69, 9.17) is 5.73 Å². The summed E-state index contributed by atoms with van der Waals surface area (Å²) < 4.78 is 0. The lowest BCUT2D eigenvalue weighted by Gasteiger charge is -2.37. The van der Waals surface area contributed by atoms with E-state index in [2.05, 4.69) is 31.4 Å². The van der Waals surface area contributed by atoms with E-state index in [-0.39, 0.29) is 12.0 Å². The fourth-order valence-corrected chi connectivity index (χ4v) is 3.78. The molecule has 0 aliphatic carbocycles. The molecule has 2 heterocycles. The van der Waals surface area contributed by atoms with Gasteiger partial charge in [-0.1, -0.05) is 19.9 Å². The van der Waals surface area contributed by atoms with E-state index in [0.29, 0.717) is 11.8 Å². The number of hydrogen-bond donors (Lipinski definition) is 1. The summed E-state index contributed by atoms with van der Waals surface area (Å²) in [4.78, 5) is 15.8. The highest BCUT2D eigenvalue weighted by molar-refractivity contribution is 7.10. The standard InChI is InChI=1S/C15H24N2OS/c1-3-11(4-2)15(18)17-9-12(8-13(16)10-17)14-6-5-7-19-14/h5-7,11-13H,3-4,8-10,16H2,1-2H3. The first-order valence-electron chi connectivity index (χ1n) is 7.23. The van der Waals surface area contributed by atoms with Gasteiger partial charge in [0.2, 0.25) is 5.91 Å². The van der Waals surface area contributed by atoms with Gasteiger partial charge in [0, 0.05) is 35.8 Å². The van der Waals surface area contributed by atoms with Crippen molar-refractivity contribution in [2.75, 3.05) is 13.1 Å². The van der Waals surface area contributed by atoms with E-state index in [1.54, 1.807) is 11.3 Å². The zero-order chi connectivity index (χ0) is 13.8. The highest BCUT2D eigenvalue weighted by atomic mass is 32.1. The molecule has 1 aromatic rings. The molecule has 19 heavy (non-hydrogen) atoms. The molecule has 1 aliphatic heterocycles. The van der Waals surface area contributed by atoms with E-state index in [1.165, 1.54) is 4.88 Å². The monoisotopic (exact) mass is 280 g/mol. The van der Waals surface area contributed by atoms with Gasteiger partial charge in [-0.3, -0.25) is 4.79 Å². The Morgan fingerprint density at radius 2 is 2.21 bits per heavy atom. The molecule has 0 spiro atoms. The normalized spacial score (nSPS) is 23.9. The van der Waals surface area contributed by atoms with Crippen LogP contribution in [-0.2, 0) is 4.79 Å². The average Bonchev–Trinajstić information content (AvgIpc) is 2.93. The van der Waals surface area contributed by atoms with Gasteiger partial charge in [-0.15, -0.1) is 11.3 Å². The Bertz CT molecular complexity index is 400. The smallest absolute Gasteiger partial charge is 0.225 e. The molecular weight excluding hydrogens is 256 g/mol. The zero-order valence-corrected chi connectivity index (χ0v) is 12.7. The quantitative estimate of drug-likeness (QED) is 0.922. The topological polar surface area (TPSA) is 46.3 Å². The van der Waals surface area contributed by atoms with Crippen LogP contribution in [0.2, 0.25) is 0 Å². The lowest BCUT2D eigenvalue weighted by Crippen LogP contribution is -2.50. The van der Waals surface area contributed by atoms with Crippen molar-refractivity contribution in [3.05, 3.63) is 22.4 Å². The Labute approximate surface area is 119 Å². The van der Waals surface area contributed by atoms with E-state index in [0.717, 1.165) is 32.4 Å². The van der Waals surface area contributed by atoms with E-state index in [1.807, 2.05) is 4.90 Å². The summed E-state index contributed by atoms with van der Waals surface area (Å²) in [6.07, 6.45) is 2.84. The fraction of sp³-hybridized carbons (Fsp3) is 0.667. The van der Waals surface area contributed by atoms with Crippen LogP contribution in [0.15, 0.2) is 17.5 Å². The molecule has 2 rings (SSSR count). The van der Waals surface area contributed by atoms with Gasteiger partial charge in [-0.2, -0.15) is 0 Å². The molecule has 4 heteroatoms. The summed E-state index contributed by atoms with van der Waals surface area (Å²) >= 11 is 1.77. The van der Waals surface area contributed by atoms with Crippen LogP contribution in [0.5, 0.6) is 0 Å². The number of rotatable bonds is 4. The SMILES string of the molecule is CCC(CC)C(=O)N1CC(N)CC(c2cccs2)C1. The number of likely N-dealkylation sites (tertiary alicyclic amines) is 1. The Morgan fingerprint density at radius 3 is 2.79 bits per heavy atom. The molecule has 0 radical (unpaired) electrons. The van der Waals surface area contributed by atoms with Crippen LogP contribution in [0.4, 0.5) is 0 Å². The molecule has 1 fully saturated rings. The first-order chi connectivity index (χ1) is 9.15. The van der Waals surface area contributed by atoms with Crippen molar-refractivity contribution in [2.24, 2.45) is 11.7 Å². The lowest BCUT2D eigenvalue weighted by molar-refractivity contribution is -0.137. The minimum atomic E-state index is 0.110. The van der Waals surface area contributed by atoms with Crippen molar-refractivity contribution >= 4 is 17.2 Å². The fourth-order valence-electron chi connectivity index (χ4n) is 2.94. The molecule has 0 bridgehead atoms. The number of carbonyl (C=O) groups is 1.